The Kier molecular flexibility index (Phi) is 5.24. The first-order chi connectivity index (χ1) is 13.2. The van der Waals surface area contributed by atoms with Gasteiger partial charge in [0.2, 0.25) is 0 Å². The lowest BCUT2D eigenvalue weighted by molar-refractivity contribution is -0.101. The third-order valence-corrected chi connectivity index (χ3v) is 5.71. The number of methoxy groups -OCH3 is 1. The number of amides is 2. The molecule has 0 saturated heterocycles. The van der Waals surface area contributed by atoms with Crippen LogP contribution in [0.3, 0.4) is 0 Å². The van der Waals surface area contributed by atoms with Crippen LogP contribution in [0, 0.1) is 0 Å². The van der Waals surface area contributed by atoms with Crippen molar-refractivity contribution < 1.29 is 32.4 Å². The summed E-state index contributed by atoms with van der Waals surface area (Å²) in [4.78, 5) is 41.7. The van der Waals surface area contributed by atoms with Gasteiger partial charge in [-0.1, -0.05) is 23.7 Å². The summed E-state index contributed by atoms with van der Waals surface area (Å²) >= 11 is 6.21. The molecule has 0 aliphatic carbocycles. The standard InChI is InChI=1S/C18H14ClNO7S/c1-26-18(23)12-7-8-14(28(2,24)25)13(15(12)19)9-27-20-16(21)10-5-3-4-6-11(10)17(20)22/h3-8H,9H2,1-2H3. The number of hydrogen-bond acceptors (Lipinski definition) is 7. The van der Waals surface area contributed by atoms with E-state index < -0.39 is 34.2 Å². The fourth-order valence-corrected chi connectivity index (χ4v) is 4.04. The van der Waals surface area contributed by atoms with Crippen molar-refractivity contribution >= 4 is 39.2 Å². The van der Waals surface area contributed by atoms with Crippen molar-refractivity contribution in [2.45, 2.75) is 11.5 Å². The monoisotopic (exact) mass is 423 g/mol. The predicted molar refractivity (Wildman–Crippen MR) is 97.6 cm³/mol. The minimum atomic E-state index is -3.74. The Morgan fingerprint density at radius 1 is 1.07 bits per heavy atom. The number of hydroxylamine groups is 2. The molecule has 2 amide bonds. The zero-order valence-electron chi connectivity index (χ0n) is 14.8. The number of rotatable bonds is 5. The van der Waals surface area contributed by atoms with E-state index in [0.29, 0.717) is 5.06 Å². The number of benzene rings is 2. The van der Waals surface area contributed by atoms with Crippen LogP contribution in [-0.2, 0) is 26.0 Å². The van der Waals surface area contributed by atoms with Crippen LogP contribution in [0.4, 0.5) is 0 Å². The Morgan fingerprint density at radius 3 is 2.14 bits per heavy atom. The molecule has 146 valence electrons. The van der Waals surface area contributed by atoms with E-state index in [1.54, 1.807) is 12.1 Å². The molecule has 0 unspecified atom stereocenters. The minimum absolute atomic E-state index is 0.0661. The summed E-state index contributed by atoms with van der Waals surface area (Å²) < 4.78 is 28.8. The van der Waals surface area contributed by atoms with Gasteiger partial charge in [0.1, 0.15) is 6.61 Å². The molecule has 0 N–H and O–H groups in total. The number of carbonyl (C=O) groups is 3. The highest BCUT2D eigenvalue weighted by atomic mass is 35.5. The largest absolute Gasteiger partial charge is 0.465 e. The van der Waals surface area contributed by atoms with E-state index >= 15 is 0 Å². The summed E-state index contributed by atoms with van der Waals surface area (Å²) in [6, 6.07) is 8.57. The molecule has 0 bridgehead atoms. The first-order valence-corrected chi connectivity index (χ1v) is 10.1. The van der Waals surface area contributed by atoms with Crippen molar-refractivity contribution in [1.29, 1.82) is 0 Å². The molecule has 0 radical (unpaired) electrons. The highest BCUT2D eigenvalue weighted by Crippen LogP contribution is 2.31. The normalized spacial score (nSPS) is 13.6. The summed E-state index contributed by atoms with van der Waals surface area (Å²) in [5.41, 5.74) is 0.205. The molecule has 2 aromatic rings. The van der Waals surface area contributed by atoms with Crippen LogP contribution in [0.1, 0.15) is 36.6 Å². The smallest absolute Gasteiger partial charge is 0.339 e. The van der Waals surface area contributed by atoms with E-state index in [-0.39, 0.29) is 32.2 Å². The number of hydrogen-bond donors (Lipinski definition) is 0. The molecule has 0 fully saturated rings. The van der Waals surface area contributed by atoms with Gasteiger partial charge in [0.15, 0.2) is 9.84 Å². The van der Waals surface area contributed by atoms with Crippen molar-refractivity contribution in [3.63, 3.8) is 0 Å². The fraction of sp³-hybridized carbons (Fsp3) is 0.167. The summed E-state index contributed by atoms with van der Waals surface area (Å²) in [7, 11) is -2.59. The number of ether oxygens (including phenoxy) is 1. The van der Waals surface area contributed by atoms with Gasteiger partial charge in [0.25, 0.3) is 11.8 Å². The Labute approximate surface area is 165 Å². The second-order valence-electron chi connectivity index (χ2n) is 5.89. The summed E-state index contributed by atoms with van der Waals surface area (Å²) in [5, 5.41) is 0.337. The second-order valence-corrected chi connectivity index (χ2v) is 8.25. The Balaban J connectivity index is 1.97. The average molecular weight is 424 g/mol. The zero-order valence-corrected chi connectivity index (χ0v) is 16.3. The highest BCUT2D eigenvalue weighted by molar-refractivity contribution is 7.90. The SMILES string of the molecule is COC(=O)c1ccc(S(C)(=O)=O)c(CON2C(=O)c3ccccc3C2=O)c1Cl. The average Bonchev–Trinajstić information content (AvgIpc) is 2.90. The summed E-state index contributed by atoms with van der Waals surface area (Å²) in [6.45, 7) is -0.530. The molecule has 1 aliphatic rings. The van der Waals surface area contributed by atoms with E-state index in [0.717, 1.165) is 13.4 Å². The molecule has 10 heteroatoms. The molecule has 1 heterocycles. The van der Waals surface area contributed by atoms with Crippen LogP contribution in [-0.4, -0.2) is 44.6 Å². The molecule has 28 heavy (non-hydrogen) atoms. The van der Waals surface area contributed by atoms with Crippen molar-refractivity contribution in [2.75, 3.05) is 13.4 Å². The molecule has 3 rings (SSSR count). The van der Waals surface area contributed by atoms with Gasteiger partial charge in [-0.05, 0) is 24.3 Å². The van der Waals surface area contributed by atoms with Gasteiger partial charge in [0.05, 0.1) is 33.7 Å². The van der Waals surface area contributed by atoms with Crippen molar-refractivity contribution in [1.82, 2.24) is 5.06 Å². The third-order valence-electron chi connectivity index (χ3n) is 4.10. The Bertz CT molecular complexity index is 1080. The van der Waals surface area contributed by atoms with Gasteiger partial charge in [-0.15, -0.1) is 5.06 Å². The highest BCUT2D eigenvalue weighted by Gasteiger charge is 2.37. The van der Waals surface area contributed by atoms with E-state index in [4.69, 9.17) is 16.4 Å². The summed E-state index contributed by atoms with van der Waals surface area (Å²) in [6.07, 6.45) is 0.960. The van der Waals surface area contributed by atoms with Crippen molar-refractivity contribution in [3.05, 3.63) is 63.7 Å². The molecule has 2 aromatic carbocycles. The number of halogens is 1. The van der Waals surface area contributed by atoms with E-state index in [9.17, 15) is 22.8 Å². The number of imide groups is 1. The number of carbonyl (C=O) groups excluding carboxylic acids is 3. The third kappa shape index (κ3) is 3.39. The topological polar surface area (TPSA) is 107 Å². The van der Waals surface area contributed by atoms with Crippen LogP contribution < -0.4 is 0 Å². The van der Waals surface area contributed by atoms with Crippen molar-refractivity contribution in [2.24, 2.45) is 0 Å². The van der Waals surface area contributed by atoms with Gasteiger partial charge in [-0.3, -0.25) is 14.4 Å². The van der Waals surface area contributed by atoms with Gasteiger partial charge in [0, 0.05) is 11.8 Å². The van der Waals surface area contributed by atoms with Gasteiger partial charge in [-0.2, -0.15) is 0 Å². The number of sulfone groups is 1. The molecule has 1 aliphatic heterocycles. The Hall–Kier alpha value is -2.75. The lowest BCUT2D eigenvalue weighted by Gasteiger charge is -2.17. The number of nitrogens with zero attached hydrogens (tertiary/aromatic N) is 1. The number of esters is 1. The van der Waals surface area contributed by atoms with Crippen LogP contribution in [0.2, 0.25) is 5.02 Å². The summed E-state index contributed by atoms with van der Waals surface area (Å²) in [5.74, 6) is -2.13. The van der Waals surface area contributed by atoms with E-state index in [1.807, 2.05) is 0 Å². The molecule has 8 nitrogen and oxygen atoms in total. The fourth-order valence-electron chi connectivity index (χ4n) is 2.77. The first-order valence-electron chi connectivity index (χ1n) is 7.87. The van der Waals surface area contributed by atoms with Crippen LogP contribution in [0.15, 0.2) is 41.3 Å². The molecular formula is C18H14ClNO7S. The first kappa shape index (κ1) is 20.0. The maximum atomic E-state index is 12.4. The Morgan fingerprint density at radius 2 is 1.64 bits per heavy atom. The van der Waals surface area contributed by atoms with Crippen LogP contribution >= 0.6 is 11.6 Å². The van der Waals surface area contributed by atoms with Crippen LogP contribution in [0.25, 0.3) is 0 Å². The maximum absolute atomic E-state index is 12.4. The molecule has 0 atom stereocenters. The molecule has 0 aromatic heterocycles. The second kappa shape index (κ2) is 7.34. The van der Waals surface area contributed by atoms with E-state index in [2.05, 4.69) is 4.74 Å². The number of fused-ring (bicyclic) bond motifs is 1. The van der Waals surface area contributed by atoms with Crippen LogP contribution in [0.5, 0.6) is 0 Å². The van der Waals surface area contributed by atoms with Crippen molar-refractivity contribution in [3.8, 4) is 0 Å². The zero-order chi connectivity index (χ0) is 20.6. The lowest BCUT2D eigenvalue weighted by Crippen LogP contribution is -2.30. The quantitative estimate of drug-likeness (QED) is 0.536. The molecule has 0 spiro atoms. The van der Waals surface area contributed by atoms with E-state index in [1.165, 1.54) is 24.3 Å². The predicted octanol–water partition coefficient (Wildman–Crippen LogP) is 2.26. The molecule has 0 saturated carbocycles. The molecular weight excluding hydrogens is 410 g/mol. The lowest BCUT2D eigenvalue weighted by atomic mass is 10.1. The minimum Gasteiger partial charge on any atom is -0.465 e. The van der Waals surface area contributed by atoms with Gasteiger partial charge >= 0.3 is 5.97 Å². The maximum Gasteiger partial charge on any atom is 0.339 e. The van der Waals surface area contributed by atoms with Gasteiger partial charge < -0.3 is 4.74 Å². The van der Waals surface area contributed by atoms with Gasteiger partial charge in [-0.25, -0.2) is 13.2 Å².